The summed E-state index contributed by atoms with van der Waals surface area (Å²) in [5, 5.41) is 12.6. The van der Waals surface area contributed by atoms with Gasteiger partial charge in [0.05, 0.1) is 6.42 Å². The summed E-state index contributed by atoms with van der Waals surface area (Å²) in [7, 11) is 0. The second-order valence-corrected chi connectivity index (χ2v) is 6.67. The van der Waals surface area contributed by atoms with Gasteiger partial charge in [-0.3, -0.25) is 9.59 Å². The van der Waals surface area contributed by atoms with Crippen molar-refractivity contribution in [1.82, 2.24) is 15.3 Å². The smallest absolute Gasteiger partial charge is 0.254 e. The minimum absolute atomic E-state index is 0.0421. The number of aliphatic hydroxyl groups excluding tert-OH is 1. The van der Waals surface area contributed by atoms with Crippen molar-refractivity contribution in [3.63, 3.8) is 0 Å². The molecule has 0 radical (unpaired) electrons. The van der Waals surface area contributed by atoms with E-state index >= 15 is 0 Å². The van der Waals surface area contributed by atoms with E-state index in [0.717, 1.165) is 19.3 Å². The molecule has 2 fully saturated rings. The normalized spacial score (nSPS) is 29.8. The van der Waals surface area contributed by atoms with Gasteiger partial charge in [0.15, 0.2) is 0 Å². The van der Waals surface area contributed by atoms with Gasteiger partial charge in [0.25, 0.3) is 5.56 Å². The van der Waals surface area contributed by atoms with E-state index in [0.29, 0.717) is 28.9 Å². The summed E-state index contributed by atoms with van der Waals surface area (Å²) in [5.74, 6) is 1.57. The average molecular weight is 305 g/mol. The summed E-state index contributed by atoms with van der Waals surface area (Å²) in [4.78, 5) is 31.1. The fourth-order valence-corrected chi connectivity index (χ4v) is 4.25. The molecule has 2 saturated carbocycles. The lowest BCUT2D eigenvalue weighted by molar-refractivity contribution is -0.122. The first-order valence-electron chi connectivity index (χ1n) is 7.96. The van der Waals surface area contributed by atoms with Crippen molar-refractivity contribution in [3.05, 3.63) is 27.4 Å². The Morgan fingerprint density at radius 3 is 2.77 bits per heavy atom. The van der Waals surface area contributed by atoms with Crippen molar-refractivity contribution in [2.45, 2.75) is 45.6 Å². The molecular weight excluding hydrogens is 282 g/mol. The van der Waals surface area contributed by atoms with Crippen LogP contribution in [-0.4, -0.2) is 33.6 Å². The molecule has 2 bridgehead atoms. The molecule has 1 amide bonds. The molecule has 4 unspecified atom stereocenters. The van der Waals surface area contributed by atoms with Crippen molar-refractivity contribution in [2.75, 3.05) is 6.61 Å². The van der Waals surface area contributed by atoms with Crippen LogP contribution in [-0.2, 0) is 11.2 Å². The van der Waals surface area contributed by atoms with Crippen LogP contribution in [0, 0.1) is 31.6 Å². The lowest BCUT2D eigenvalue weighted by atomic mass is 9.85. The molecular formula is C16H23N3O3. The van der Waals surface area contributed by atoms with Gasteiger partial charge in [0, 0.05) is 29.8 Å². The van der Waals surface area contributed by atoms with Gasteiger partial charge in [0.2, 0.25) is 5.91 Å². The molecule has 0 aliphatic heterocycles. The third kappa shape index (κ3) is 2.67. The number of hydrogen-bond donors (Lipinski definition) is 3. The predicted molar refractivity (Wildman–Crippen MR) is 81.4 cm³/mol. The highest BCUT2D eigenvalue weighted by atomic mass is 16.3. The van der Waals surface area contributed by atoms with Gasteiger partial charge in [-0.1, -0.05) is 0 Å². The zero-order valence-corrected chi connectivity index (χ0v) is 13.1. The highest BCUT2D eigenvalue weighted by molar-refractivity contribution is 5.79. The Bertz CT molecular complexity index is 640. The summed E-state index contributed by atoms with van der Waals surface area (Å²) in [6, 6.07) is 0.0500. The molecule has 1 aromatic rings. The number of hydrogen-bond acceptors (Lipinski definition) is 4. The molecule has 1 heterocycles. The molecule has 1 aromatic heterocycles. The maximum Gasteiger partial charge on any atom is 0.254 e. The van der Waals surface area contributed by atoms with Gasteiger partial charge in [-0.05, 0) is 44.9 Å². The minimum atomic E-state index is -0.244. The van der Waals surface area contributed by atoms with E-state index in [9.17, 15) is 14.7 Å². The van der Waals surface area contributed by atoms with E-state index in [1.165, 1.54) is 0 Å². The molecule has 0 spiro atoms. The van der Waals surface area contributed by atoms with Crippen LogP contribution >= 0.6 is 0 Å². The Morgan fingerprint density at radius 2 is 2.09 bits per heavy atom. The lowest BCUT2D eigenvalue weighted by Crippen LogP contribution is -2.46. The number of nitrogens with one attached hydrogen (secondary N) is 2. The first-order chi connectivity index (χ1) is 10.5. The number of aromatic nitrogens is 2. The number of carbonyl (C=O) groups is 1. The zero-order valence-electron chi connectivity index (χ0n) is 13.1. The number of aliphatic hydroxyl groups is 1. The molecule has 3 N–H and O–H groups in total. The number of H-pyrrole nitrogens is 1. The summed E-state index contributed by atoms with van der Waals surface area (Å²) in [5.41, 5.74) is 0.779. The Labute approximate surface area is 129 Å². The van der Waals surface area contributed by atoms with Crippen LogP contribution in [0.1, 0.15) is 36.3 Å². The SMILES string of the molecule is Cc1nc(C)c(CC(=O)NC2C3CCC(C3)C2CO)c(=O)[nH]1. The first-order valence-corrected chi connectivity index (χ1v) is 7.96. The van der Waals surface area contributed by atoms with Crippen LogP contribution in [0.2, 0.25) is 0 Å². The molecule has 2 aliphatic rings. The Balaban J connectivity index is 1.70. The highest BCUT2D eigenvalue weighted by Gasteiger charge is 2.47. The molecule has 0 saturated heterocycles. The molecule has 3 rings (SSSR count). The number of carbonyl (C=O) groups excluding carboxylic acids is 1. The predicted octanol–water partition coefficient (Wildman–Crippen LogP) is 0.452. The van der Waals surface area contributed by atoms with Gasteiger partial charge in [-0.2, -0.15) is 0 Å². The number of amides is 1. The Morgan fingerprint density at radius 1 is 1.36 bits per heavy atom. The molecule has 0 aromatic carbocycles. The summed E-state index contributed by atoms with van der Waals surface area (Å²) < 4.78 is 0. The standard InChI is InChI=1S/C16H23N3O3/c1-8-12(16(22)18-9(2)17-8)6-14(21)19-15-11-4-3-10(5-11)13(15)7-20/h10-11,13,15,20H,3-7H2,1-2H3,(H,19,21)(H,17,18,22). The highest BCUT2D eigenvalue weighted by Crippen LogP contribution is 2.48. The molecule has 22 heavy (non-hydrogen) atoms. The zero-order chi connectivity index (χ0) is 15.9. The second-order valence-electron chi connectivity index (χ2n) is 6.67. The number of rotatable bonds is 4. The van der Waals surface area contributed by atoms with Crippen LogP contribution in [0.4, 0.5) is 0 Å². The van der Waals surface area contributed by atoms with Gasteiger partial charge in [-0.25, -0.2) is 4.98 Å². The second kappa shape index (κ2) is 5.83. The van der Waals surface area contributed by atoms with E-state index in [1.54, 1.807) is 13.8 Å². The number of aromatic amines is 1. The maximum absolute atomic E-state index is 12.3. The van der Waals surface area contributed by atoms with Crippen LogP contribution < -0.4 is 10.9 Å². The largest absolute Gasteiger partial charge is 0.396 e. The first kappa shape index (κ1) is 15.2. The third-order valence-corrected chi connectivity index (χ3v) is 5.30. The topological polar surface area (TPSA) is 95.1 Å². The quantitative estimate of drug-likeness (QED) is 0.753. The molecule has 2 aliphatic carbocycles. The number of nitrogens with zero attached hydrogens (tertiary/aromatic N) is 1. The van der Waals surface area contributed by atoms with E-state index in [1.807, 2.05) is 0 Å². The minimum Gasteiger partial charge on any atom is -0.396 e. The van der Waals surface area contributed by atoms with Crippen molar-refractivity contribution in [2.24, 2.45) is 17.8 Å². The van der Waals surface area contributed by atoms with Gasteiger partial charge >= 0.3 is 0 Å². The van der Waals surface area contributed by atoms with E-state index in [2.05, 4.69) is 15.3 Å². The maximum atomic E-state index is 12.3. The van der Waals surface area contributed by atoms with Crippen molar-refractivity contribution < 1.29 is 9.90 Å². The average Bonchev–Trinajstić information content (AvgIpc) is 3.03. The van der Waals surface area contributed by atoms with Gasteiger partial charge < -0.3 is 15.4 Å². The summed E-state index contributed by atoms with van der Waals surface area (Å²) in [6.45, 7) is 3.59. The third-order valence-electron chi connectivity index (χ3n) is 5.30. The van der Waals surface area contributed by atoms with Gasteiger partial charge in [0.1, 0.15) is 5.82 Å². The van der Waals surface area contributed by atoms with E-state index < -0.39 is 0 Å². The fourth-order valence-electron chi connectivity index (χ4n) is 4.25. The van der Waals surface area contributed by atoms with Crippen LogP contribution in [0.25, 0.3) is 0 Å². The Hall–Kier alpha value is -1.69. The molecule has 120 valence electrons. The van der Waals surface area contributed by atoms with Crippen molar-refractivity contribution in [1.29, 1.82) is 0 Å². The van der Waals surface area contributed by atoms with E-state index in [-0.39, 0.29) is 36.5 Å². The Kier molecular flexibility index (Phi) is 4.04. The monoisotopic (exact) mass is 305 g/mol. The summed E-state index contributed by atoms with van der Waals surface area (Å²) >= 11 is 0. The van der Waals surface area contributed by atoms with Gasteiger partial charge in [-0.15, -0.1) is 0 Å². The van der Waals surface area contributed by atoms with Crippen molar-refractivity contribution in [3.8, 4) is 0 Å². The molecule has 6 heteroatoms. The van der Waals surface area contributed by atoms with Crippen LogP contribution in [0.5, 0.6) is 0 Å². The number of fused-ring (bicyclic) bond motifs is 2. The van der Waals surface area contributed by atoms with Crippen LogP contribution in [0.3, 0.4) is 0 Å². The van der Waals surface area contributed by atoms with Crippen molar-refractivity contribution >= 4 is 5.91 Å². The van der Waals surface area contributed by atoms with Crippen LogP contribution in [0.15, 0.2) is 4.79 Å². The molecule has 6 nitrogen and oxygen atoms in total. The van der Waals surface area contributed by atoms with E-state index in [4.69, 9.17) is 0 Å². The number of aryl methyl sites for hydroxylation is 2. The lowest BCUT2D eigenvalue weighted by Gasteiger charge is -2.30. The summed E-state index contributed by atoms with van der Waals surface area (Å²) in [6.07, 6.45) is 3.42. The fraction of sp³-hybridized carbons (Fsp3) is 0.688. The molecule has 4 atom stereocenters.